The van der Waals surface area contributed by atoms with Gasteiger partial charge in [0, 0.05) is 6.08 Å². The molecule has 1 amide bonds. The zero-order valence-corrected chi connectivity index (χ0v) is 16.4. The zero-order chi connectivity index (χ0) is 20.7. The SMILES string of the molecule is COc1ccc2cc(C=CC(=O)OCC(=O)NC3(C#N)CCCCC3)ccc2c1. The topological polar surface area (TPSA) is 88.4 Å². The number of carbonyl (C=O) groups excluding carboxylic acids is 2. The van der Waals surface area contributed by atoms with E-state index in [1.165, 1.54) is 6.08 Å². The molecule has 0 unspecified atom stereocenters. The fourth-order valence-electron chi connectivity index (χ4n) is 3.55. The number of nitrogens with one attached hydrogen (secondary N) is 1. The van der Waals surface area contributed by atoms with Gasteiger partial charge in [0.15, 0.2) is 6.61 Å². The quantitative estimate of drug-likeness (QED) is 0.597. The largest absolute Gasteiger partial charge is 0.497 e. The van der Waals surface area contributed by atoms with Crippen molar-refractivity contribution < 1.29 is 19.1 Å². The number of carbonyl (C=O) groups is 2. The molecule has 6 nitrogen and oxygen atoms in total. The van der Waals surface area contributed by atoms with E-state index in [1.807, 2.05) is 36.4 Å². The van der Waals surface area contributed by atoms with Crippen molar-refractivity contribution in [1.82, 2.24) is 5.32 Å². The van der Waals surface area contributed by atoms with E-state index >= 15 is 0 Å². The third kappa shape index (κ3) is 5.35. The van der Waals surface area contributed by atoms with Crippen LogP contribution in [0.25, 0.3) is 16.8 Å². The summed E-state index contributed by atoms with van der Waals surface area (Å²) >= 11 is 0. The Morgan fingerprint density at radius 1 is 1.14 bits per heavy atom. The van der Waals surface area contributed by atoms with Crippen LogP contribution in [0.5, 0.6) is 5.75 Å². The minimum Gasteiger partial charge on any atom is -0.497 e. The first-order chi connectivity index (χ1) is 14.0. The lowest BCUT2D eigenvalue weighted by Gasteiger charge is -2.31. The average molecular weight is 392 g/mol. The summed E-state index contributed by atoms with van der Waals surface area (Å²) in [6.07, 6.45) is 7.10. The monoisotopic (exact) mass is 392 g/mol. The molecule has 150 valence electrons. The van der Waals surface area contributed by atoms with Crippen LogP contribution in [0.15, 0.2) is 42.5 Å². The Labute approximate surface area is 170 Å². The van der Waals surface area contributed by atoms with E-state index in [1.54, 1.807) is 13.2 Å². The molecule has 2 aromatic rings. The van der Waals surface area contributed by atoms with Crippen LogP contribution in [-0.2, 0) is 14.3 Å². The highest BCUT2D eigenvalue weighted by atomic mass is 16.5. The maximum absolute atomic E-state index is 12.1. The van der Waals surface area contributed by atoms with E-state index < -0.39 is 24.0 Å². The molecule has 29 heavy (non-hydrogen) atoms. The number of fused-ring (bicyclic) bond motifs is 1. The first-order valence-electron chi connectivity index (χ1n) is 9.68. The van der Waals surface area contributed by atoms with Crippen LogP contribution in [0.3, 0.4) is 0 Å². The minimum atomic E-state index is -0.828. The van der Waals surface area contributed by atoms with Gasteiger partial charge in [-0.05, 0) is 53.5 Å². The predicted octanol–water partition coefficient (Wildman–Crippen LogP) is 3.75. The molecule has 1 aliphatic rings. The van der Waals surface area contributed by atoms with Crippen LogP contribution < -0.4 is 10.1 Å². The number of hydrogen-bond acceptors (Lipinski definition) is 5. The molecule has 0 aromatic heterocycles. The smallest absolute Gasteiger partial charge is 0.331 e. The summed E-state index contributed by atoms with van der Waals surface area (Å²) in [5.41, 5.74) is 0.0143. The number of rotatable bonds is 6. The Balaban J connectivity index is 1.53. The fourth-order valence-corrected chi connectivity index (χ4v) is 3.55. The summed E-state index contributed by atoms with van der Waals surface area (Å²) in [6, 6.07) is 13.8. The van der Waals surface area contributed by atoms with Crippen molar-refractivity contribution >= 4 is 28.7 Å². The highest BCUT2D eigenvalue weighted by Crippen LogP contribution is 2.27. The molecule has 1 N–H and O–H groups in total. The molecular formula is C23H24N2O4. The number of benzene rings is 2. The molecule has 0 heterocycles. The molecule has 0 bridgehead atoms. The van der Waals surface area contributed by atoms with Gasteiger partial charge in [-0.25, -0.2) is 4.79 Å². The Hall–Kier alpha value is -3.33. The standard InChI is InChI=1S/C23H24N2O4/c1-28-20-9-8-18-13-17(5-7-19(18)14-20)6-10-22(27)29-15-21(26)25-23(16-24)11-3-2-4-12-23/h5-10,13-14H,2-4,11-12,15H2,1H3,(H,25,26). The van der Waals surface area contributed by atoms with Gasteiger partial charge in [-0.1, -0.05) is 37.5 Å². The van der Waals surface area contributed by atoms with Crippen molar-refractivity contribution in [3.63, 3.8) is 0 Å². The first kappa shape index (κ1) is 20.4. The second-order valence-corrected chi connectivity index (χ2v) is 7.22. The summed E-state index contributed by atoms with van der Waals surface area (Å²) < 4.78 is 10.2. The first-order valence-corrected chi connectivity index (χ1v) is 9.68. The second kappa shape index (κ2) is 9.24. The third-order valence-corrected chi connectivity index (χ3v) is 5.13. The van der Waals surface area contributed by atoms with Gasteiger partial charge in [0.2, 0.25) is 0 Å². The molecule has 0 spiro atoms. The van der Waals surface area contributed by atoms with Crippen LogP contribution in [0, 0.1) is 11.3 Å². The van der Waals surface area contributed by atoms with Gasteiger partial charge in [0.05, 0.1) is 13.2 Å². The van der Waals surface area contributed by atoms with E-state index in [4.69, 9.17) is 9.47 Å². The lowest BCUT2D eigenvalue weighted by molar-refractivity contribution is -0.144. The molecule has 1 saturated carbocycles. The highest BCUT2D eigenvalue weighted by Gasteiger charge is 2.33. The van der Waals surface area contributed by atoms with Gasteiger partial charge in [-0.3, -0.25) is 4.79 Å². The number of methoxy groups -OCH3 is 1. The van der Waals surface area contributed by atoms with Crippen molar-refractivity contribution in [1.29, 1.82) is 5.26 Å². The van der Waals surface area contributed by atoms with Crippen LogP contribution in [0.2, 0.25) is 0 Å². The molecule has 1 aliphatic carbocycles. The van der Waals surface area contributed by atoms with Gasteiger partial charge in [0.1, 0.15) is 11.3 Å². The normalized spacial score (nSPS) is 15.6. The van der Waals surface area contributed by atoms with Gasteiger partial charge in [-0.2, -0.15) is 5.26 Å². The van der Waals surface area contributed by atoms with E-state index in [2.05, 4.69) is 11.4 Å². The van der Waals surface area contributed by atoms with E-state index in [0.717, 1.165) is 41.3 Å². The summed E-state index contributed by atoms with van der Waals surface area (Å²) in [5, 5.41) is 14.2. The van der Waals surface area contributed by atoms with Gasteiger partial charge >= 0.3 is 5.97 Å². The van der Waals surface area contributed by atoms with Crippen molar-refractivity contribution in [2.24, 2.45) is 0 Å². The van der Waals surface area contributed by atoms with Crippen LogP contribution in [0.4, 0.5) is 0 Å². The van der Waals surface area contributed by atoms with Crippen molar-refractivity contribution in [2.45, 2.75) is 37.6 Å². The van der Waals surface area contributed by atoms with Crippen LogP contribution >= 0.6 is 0 Å². The summed E-state index contributed by atoms with van der Waals surface area (Å²) in [4.78, 5) is 24.0. The number of hydrogen-bond donors (Lipinski definition) is 1. The number of nitrogens with zero attached hydrogens (tertiary/aromatic N) is 1. The molecule has 3 rings (SSSR count). The van der Waals surface area contributed by atoms with Crippen molar-refractivity contribution in [2.75, 3.05) is 13.7 Å². The highest BCUT2D eigenvalue weighted by molar-refractivity contribution is 5.91. The fraction of sp³-hybridized carbons (Fsp3) is 0.348. The lowest BCUT2D eigenvalue weighted by atomic mass is 9.83. The maximum Gasteiger partial charge on any atom is 0.331 e. The Bertz CT molecular complexity index is 968. The second-order valence-electron chi connectivity index (χ2n) is 7.22. The van der Waals surface area contributed by atoms with Crippen molar-refractivity contribution in [3.8, 4) is 11.8 Å². The molecule has 0 aliphatic heterocycles. The number of amides is 1. The third-order valence-electron chi connectivity index (χ3n) is 5.13. The molecular weight excluding hydrogens is 368 g/mol. The minimum absolute atomic E-state index is 0.399. The van der Waals surface area contributed by atoms with Gasteiger partial charge in [-0.15, -0.1) is 0 Å². The van der Waals surface area contributed by atoms with E-state index in [0.29, 0.717) is 12.8 Å². The Morgan fingerprint density at radius 3 is 2.59 bits per heavy atom. The molecule has 0 saturated heterocycles. The molecule has 0 atom stereocenters. The summed E-state index contributed by atoms with van der Waals surface area (Å²) in [5.74, 6) is -0.270. The number of esters is 1. The zero-order valence-electron chi connectivity index (χ0n) is 16.4. The Kier molecular flexibility index (Phi) is 6.50. The van der Waals surface area contributed by atoms with E-state index in [9.17, 15) is 14.9 Å². The van der Waals surface area contributed by atoms with Gasteiger partial charge in [0.25, 0.3) is 5.91 Å². The Morgan fingerprint density at radius 2 is 1.86 bits per heavy atom. The molecule has 0 radical (unpaired) electrons. The molecule has 2 aromatic carbocycles. The average Bonchev–Trinajstić information content (AvgIpc) is 2.76. The predicted molar refractivity (Wildman–Crippen MR) is 110 cm³/mol. The number of nitriles is 1. The summed E-state index contributed by atoms with van der Waals surface area (Å²) in [6.45, 7) is -0.399. The van der Waals surface area contributed by atoms with Crippen molar-refractivity contribution in [3.05, 3.63) is 48.0 Å². The number of ether oxygens (including phenoxy) is 2. The molecule has 1 fully saturated rings. The van der Waals surface area contributed by atoms with Crippen LogP contribution in [-0.4, -0.2) is 31.1 Å². The summed E-state index contributed by atoms with van der Waals surface area (Å²) in [7, 11) is 1.62. The maximum atomic E-state index is 12.1. The van der Waals surface area contributed by atoms with Gasteiger partial charge < -0.3 is 14.8 Å². The van der Waals surface area contributed by atoms with Crippen LogP contribution in [0.1, 0.15) is 37.7 Å². The van der Waals surface area contributed by atoms with E-state index in [-0.39, 0.29) is 0 Å². The molecule has 6 heteroatoms. The lowest BCUT2D eigenvalue weighted by Crippen LogP contribution is -2.49.